The van der Waals surface area contributed by atoms with E-state index in [9.17, 15) is 0 Å². The lowest BCUT2D eigenvalue weighted by Crippen LogP contribution is -2.51. The van der Waals surface area contributed by atoms with Crippen molar-refractivity contribution in [3.8, 4) is 0 Å². The highest BCUT2D eigenvalue weighted by atomic mass is 16.5. The second-order valence-electron chi connectivity index (χ2n) is 7.59. The van der Waals surface area contributed by atoms with Gasteiger partial charge in [-0.05, 0) is 44.4 Å². The molecule has 0 radical (unpaired) electrons. The van der Waals surface area contributed by atoms with Crippen molar-refractivity contribution in [2.75, 3.05) is 49.2 Å². The topological polar surface area (TPSA) is 67.3 Å². The van der Waals surface area contributed by atoms with Gasteiger partial charge in [0.2, 0.25) is 5.95 Å². The van der Waals surface area contributed by atoms with Crippen LogP contribution in [0.4, 0.5) is 11.8 Å². The van der Waals surface area contributed by atoms with Crippen molar-refractivity contribution >= 4 is 11.8 Å². The second-order valence-corrected chi connectivity index (χ2v) is 7.59. The first kappa shape index (κ1) is 17.1. The Morgan fingerprint density at radius 3 is 2.58 bits per heavy atom. The molecule has 7 nitrogen and oxygen atoms in total. The Morgan fingerprint density at radius 1 is 1.00 bits per heavy atom. The first-order chi connectivity index (χ1) is 12.6. The summed E-state index contributed by atoms with van der Waals surface area (Å²) in [6.45, 7) is 9.14. The van der Waals surface area contributed by atoms with Crippen molar-refractivity contribution in [1.29, 1.82) is 0 Å². The number of hydrogen-bond acceptors (Lipinski definition) is 7. The van der Waals surface area contributed by atoms with Crippen LogP contribution in [0.15, 0.2) is 24.5 Å². The van der Waals surface area contributed by atoms with Crippen molar-refractivity contribution in [3.05, 3.63) is 35.8 Å². The molecule has 4 rings (SSSR count). The Balaban J connectivity index is 1.55. The van der Waals surface area contributed by atoms with Crippen molar-refractivity contribution in [1.82, 2.24) is 20.2 Å². The van der Waals surface area contributed by atoms with Gasteiger partial charge in [0.25, 0.3) is 0 Å². The van der Waals surface area contributed by atoms with Gasteiger partial charge in [-0.3, -0.25) is 0 Å². The van der Waals surface area contributed by atoms with E-state index in [1.54, 1.807) is 0 Å². The average molecular weight is 354 g/mol. The van der Waals surface area contributed by atoms with Gasteiger partial charge in [-0.2, -0.15) is 5.10 Å². The minimum Gasteiger partial charge on any atom is -0.379 e. The summed E-state index contributed by atoms with van der Waals surface area (Å²) in [4.78, 5) is 13.7. The zero-order chi connectivity index (χ0) is 18.0. The lowest BCUT2D eigenvalue weighted by atomic mass is 9.80. The second kappa shape index (κ2) is 7.15. The van der Waals surface area contributed by atoms with Gasteiger partial charge >= 0.3 is 0 Å². The maximum absolute atomic E-state index is 6.01. The van der Waals surface area contributed by atoms with E-state index in [0.29, 0.717) is 0 Å². The molecule has 0 unspecified atom stereocenters. The highest BCUT2D eigenvalue weighted by Crippen LogP contribution is 2.35. The molecule has 0 N–H and O–H groups in total. The fourth-order valence-electron chi connectivity index (χ4n) is 3.92. The number of piperidine rings is 1. The van der Waals surface area contributed by atoms with Crippen LogP contribution in [0.3, 0.4) is 0 Å². The number of nitrogens with zero attached hydrogens (tertiary/aromatic N) is 6. The van der Waals surface area contributed by atoms with Crippen molar-refractivity contribution in [2.45, 2.75) is 26.7 Å². The summed E-state index contributed by atoms with van der Waals surface area (Å²) in [6.07, 6.45) is 6.04. The lowest BCUT2D eigenvalue weighted by Gasteiger charge is -2.43. The van der Waals surface area contributed by atoms with Crippen LogP contribution in [0.5, 0.6) is 0 Å². The van der Waals surface area contributed by atoms with E-state index in [1.807, 2.05) is 32.3 Å². The highest BCUT2D eigenvalue weighted by molar-refractivity contribution is 5.39. The molecule has 2 fully saturated rings. The Kier molecular flexibility index (Phi) is 4.72. The minimum absolute atomic E-state index is 0.0650. The quantitative estimate of drug-likeness (QED) is 0.817. The Morgan fingerprint density at radius 2 is 1.81 bits per heavy atom. The van der Waals surface area contributed by atoms with Crippen molar-refractivity contribution in [2.24, 2.45) is 5.41 Å². The largest absolute Gasteiger partial charge is 0.379 e. The molecule has 7 heteroatoms. The van der Waals surface area contributed by atoms with E-state index >= 15 is 0 Å². The van der Waals surface area contributed by atoms with Crippen LogP contribution >= 0.6 is 0 Å². The molecule has 138 valence electrons. The Hall–Kier alpha value is -2.28. The van der Waals surface area contributed by atoms with Crippen molar-refractivity contribution < 1.29 is 4.74 Å². The summed E-state index contributed by atoms with van der Waals surface area (Å²) in [5.41, 5.74) is 2.09. The SMILES string of the molecule is Cc1cnc(N2CCC[C@]3(COCCN(c4ccc(C)nn4)C3)C2)nc1. The monoisotopic (exact) mass is 354 g/mol. The molecule has 2 saturated heterocycles. The van der Waals surface area contributed by atoms with Crippen LogP contribution in [0.25, 0.3) is 0 Å². The molecule has 2 aliphatic rings. The molecule has 0 aliphatic carbocycles. The fraction of sp³-hybridized carbons (Fsp3) is 0.579. The van der Waals surface area contributed by atoms with Gasteiger partial charge < -0.3 is 14.5 Å². The lowest BCUT2D eigenvalue weighted by molar-refractivity contribution is 0.0596. The van der Waals surface area contributed by atoms with Crippen LogP contribution in [0, 0.1) is 19.3 Å². The third kappa shape index (κ3) is 3.62. The third-order valence-corrected chi connectivity index (χ3v) is 5.26. The molecular weight excluding hydrogens is 328 g/mol. The van der Waals surface area contributed by atoms with Gasteiger partial charge in [-0.25, -0.2) is 9.97 Å². The van der Waals surface area contributed by atoms with Crippen LogP contribution in [-0.4, -0.2) is 59.6 Å². The predicted molar refractivity (Wildman–Crippen MR) is 100 cm³/mol. The number of ether oxygens (including phenoxy) is 1. The summed E-state index contributed by atoms with van der Waals surface area (Å²) in [7, 11) is 0. The van der Waals surface area contributed by atoms with Crippen molar-refractivity contribution in [3.63, 3.8) is 0 Å². The van der Waals surface area contributed by atoms with Gasteiger partial charge in [0.1, 0.15) is 0 Å². The van der Waals surface area contributed by atoms with E-state index in [0.717, 1.165) is 75.3 Å². The summed E-state index contributed by atoms with van der Waals surface area (Å²) in [6, 6.07) is 4.08. The molecule has 2 aromatic heterocycles. The zero-order valence-electron chi connectivity index (χ0n) is 15.6. The first-order valence-electron chi connectivity index (χ1n) is 9.30. The highest BCUT2D eigenvalue weighted by Gasteiger charge is 2.40. The van der Waals surface area contributed by atoms with Gasteiger partial charge in [-0.1, -0.05) is 0 Å². The van der Waals surface area contributed by atoms with Gasteiger partial charge in [0, 0.05) is 44.0 Å². The summed E-state index contributed by atoms with van der Waals surface area (Å²) in [5.74, 6) is 1.75. The zero-order valence-corrected chi connectivity index (χ0v) is 15.6. The molecule has 0 saturated carbocycles. The molecule has 0 bridgehead atoms. The molecule has 26 heavy (non-hydrogen) atoms. The maximum Gasteiger partial charge on any atom is 0.225 e. The molecule has 2 aliphatic heterocycles. The minimum atomic E-state index is 0.0650. The fourth-order valence-corrected chi connectivity index (χ4v) is 3.92. The van der Waals surface area contributed by atoms with Crippen LogP contribution in [-0.2, 0) is 4.74 Å². The Labute approximate surface area is 154 Å². The molecule has 4 heterocycles. The summed E-state index contributed by atoms with van der Waals surface area (Å²) >= 11 is 0. The Bertz CT molecular complexity index is 735. The van der Waals surface area contributed by atoms with Gasteiger partial charge in [0.15, 0.2) is 5.82 Å². The molecule has 0 amide bonds. The number of aryl methyl sites for hydroxylation is 2. The molecule has 2 aromatic rings. The molecule has 1 atom stereocenters. The summed E-state index contributed by atoms with van der Waals surface area (Å²) in [5, 5.41) is 8.62. The normalized spacial score (nSPS) is 23.9. The van der Waals surface area contributed by atoms with Crippen LogP contribution in [0.2, 0.25) is 0 Å². The molecule has 1 spiro atoms. The smallest absolute Gasteiger partial charge is 0.225 e. The number of aromatic nitrogens is 4. The molecule has 0 aromatic carbocycles. The average Bonchev–Trinajstić information content (AvgIpc) is 2.85. The van der Waals surface area contributed by atoms with Crippen LogP contribution < -0.4 is 9.80 Å². The van der Waals surface area contributed by atoms with Crippen LogP contribution in [0.1, 0.15) is 24.1 Å². The predicted octanol–water partition coefficient (Wildman–Crippen LogP) is 2.01. The number of hydrogen-bond donors (Lipinski definition) is 0. The van der Waals surface area contributed by atoms with E-state index < -0.39 is 0 Å². The number of anilines is 2. The number of rotatable bonds is 2. The van der Waals surface area contributed by atoms with E-state index in [1.165, 1.54) is 0 Å². The van der Waals surface area contributed by atoms with E-state index in [4.69, 9.17) is 4.74 Å². The van der Waals surface area contributed by atoms with Gasteiger partial charge in [0.05, 0.1) is 18.9 Å². The van der Waals surface area contributed by atoms with E-state index in [2.05, 4.69) is 36.0 Å². The maximum atomic E-state index is 6.01. The standard InChI is InChI=1S/C19H26N6O/c1-15-10-20-18(21-11-15)25-7-3-6-19(13-25)12-24(8-9-26-14-19)17-5-4-16(2)22-23-17/h4-5,10-11H,3,6-9,12-14H2,1-2H3/t19-/m1/s1. The van der Waals surface area contributed by atoms with Gasteiger partial charge in [-0.15, -0.1) is 5.10 Å². The van der Waals surface area contributed by atoms with E-state index in [-0.39, 0.29) is 5.41 Å². The summed E-state index contributed by atoms with van der Waals surface area (Å²) < 4.78 is 6.01. The first-order valence-corrected chi connectivity index (χ1v) is 9.30. The third-order valence-electron chi connectivity index (χ3n) is 5.26. The molecular formula is C19H26N6O.